The number of sulfonamides is 1. The Morgan fingerprint density at radius 1 is 1.08 bits per heavy atom. The molecular formula is C18H31N3O3S. The van der Waals surface area contributed by atoms with Crippen LogP contribution < -0.4 is 10.2 Å². The third-order valence-electron chi connectivity index (χ3n) is 4.14. The van der Waals surface area contributed by atoms with Gasteiger partial charge in [-0.25, -0.2) is 12.7 Å². The van der Waals surface area contributed by atoms with E-state index < -0.39 is 10.0 Å². The van der Waals surface area contributed by atoms with E-state index in [4.69, 9.17) is 0 Å². The second-order valence-electron chi connectivity index (χ2n) is 5.96. The summed E-state index contributed by atoms with van der Waals surface area (Å²) in [5, 5.41) is 2.84. The van der Waals surface area contributed by atoms with Crippen molar-refractivity contribution < 1.29 is 13.2 Å². The Labute approximate surface area is 152 Å². The van der Waals surface area contributed by atoms with Gasteiger partial charge in [0.15, 0.2) is 0 Å². The van der Waals surface area contributed by atoms with Crippen molar-refractivity contribution in [2.75, 3.05) is 43.9 Å². The van der Waals surface area contributed by atoms with E-state index in [1.54, 1.807) is 14.0 Å². The van der Waals surface area contributed by atoms with Crippen molar-refractivity contribution in [1.82, 2.24) is 9.62 Å². The number of anilines is 1. The summed E-state index contributed by atoms with van der Waals surface area (Å²) in [5.41, 5.74) is 1.73. The maximum atomic E-state index is 12.2. The fraction of sp³-hybridized carbons (Fsp3) is 0.611. The van der Waals surface area contributed by atoms with Gasteiger partial charge >= 0.3 is 0 Å². The molecule has 142 valence electrons. The van der Waals surface area contributed by atoms with E-state index in [1.165, 1.54) is 4.31 Å². The van der Waals surface area contributed by atoms with Crippen LogP contribution in [0.3, 0.4) is 0 Å². The van der Waals surface area contributed by atoms with Gasteiger partial charge in [-0.15, -0.1) is 0 Å². The first kappa shape index (κ1) is 21.4. The van der Waals surface area contributed by atoms with Crippen molar-refractivity contribution in [3.05, 3.63) is 29.8 Å². The fourth-order valence-electron chi connectivity index (χ4n) is 2.53. The van der Waals surface area contributed by atoms with Gasteiger partial charge in [0.25, 0.3) is 5.91 Å². The van der Waals surface area contributed by atoms with E-state index in [0.29, 0.717) is 25.1 Å². The Morgan fingerprint density at radius 3 is 2.24 bits per heavy atom. The maximum Gasteiger partial charge on any atom is 0.251 e. The van der Waals surface area contributed by atoms with Crippen LogP contribution in [0.5, 0.6) is 0 Å². The SMILES string of the molecule is CCCN(CC)c1ccc(C(=O)NCCCN(C)S(=O)(=O)CC)cc1. The molecule has 0 aromatic heterocycles. The van der Waals surface area contributed by atoms with Gasteiger partial charge in [-0.2, -0.15) is 0 Å². The molecule has 25 heavy (non-hydrogen) atoms. The van der Waals surface area contributed by atoms with Gasteiger partial charge in [-0.05, 0) is 51.0 Å². The molecule has 0 aliphatic carbocycles. The summed E-state index contributed by atoms with van der Waals surface area (Å²) in [6, 6.07) is 7.60. The molecule has 1 aromatic carbocycles. The van der Waals surface area contributed by atoms with E-state index in [-0.39, 0.29) is 11.7 Å². The first-order valence-electron chi connectivity index (χ1n) is 8.92. The van der Waals surface area contributed by atoms with Crippen LogP contribution in [0, 0.1) is 0 Å². The molecule has 0 radical (unpaired) electrons. The molecular weight excluding hydrogens is 338 g/mol. The molecule has 0 heterocycles. The zero-order valence-electron chi connectivity index (χ0n) is 15.8. The van der Waals surface area contributed by atoms with Gasteiger partial charge in [0.1, 0.15) is 0 Å². The average molecular weight is 370 g/mol. The number of rotatable bonds is 11. The minimum Gasteiger partial charge on any atom is -0.372 e. The van der Waals surface area contributed by atoms with Gasteiger partial charge in [-0.3, -0.25) is 4.79 Å². The quantitative estimate of drug-likeness (QED) is 0.608. The van der Waals surface area contributed by atoms with E-state index >= 15 is 0 Å². The molecule has 0 bridgehead atoms. The summed E-state index contributed by atoms with van der Waals surface area (Å²) in [4.78, 5) is 14.4. The lowest BCUT2D eigenvalue weighted by Crippen LogP contribution is -2.32. The zero-order valence-corrected chi connectivity index (χ0v) is 16.6. The van der Waals surface area contributed by atoms with Gasteiger partial charge in [0.2, 0.25) is 10.0 Å². The topological polar surface area (TPSA) is 69.7 Å². The fourth-order valence-corrected chi connectivity index (χ4v) is 3.38. The molecule has 0 atom stereocenters. The largest absolute Gasteiger partial charge is 0.372 e. The molecule has 1 rings (SSSR count). The van der Waals surface area contributed by atoms with E-state index in [2.05, 4.69) is 24.1 Å². The number of carbonyl (C=O) groups is 1. The van der Waals surface area contributed by atoms with E-state index in [1.807, 2.05) is 24.3 Å². The summed E-state index contributed by atoms with van der Waals surface area (Å²) in [7, 11) is -1.59. The molecule has 0 saturated heterocycles. The molecule has 0 fully saturated rings. The zero-order chi connectivity index (χ0) is 18.9. The molecule has 1 amide bonds. The Balaban J connectivity index is 2.48. The van der Waals surface area contributed by atoms with Crippen LogP contribution in [0.4, 0.5) is 5.69 Å². The average Bonchev–Trinajstić information content (AvgIpc) is 2.62. The monoisotopic (exact) mass is 369 g/mol. The summed E-state index contributed by atoms with van der Waals surface area (Å²) in [6.45, 7) is 8.67. The Hall–Kier alpha value is -1.60. The smallest absolute Gasteiger partial charge is 0.251 e. The van der Waals surface area contributed by atoms with Crippen molar-refractivity contribution in [3.8, 4) is 0 Å². The maximum absolute atomic E-state index is 12.2. The standard InChI is InChI=1S/C18H31N3O3S/c1-5-14-21(6-2)17-11-9-16(10-12-17)18(22)19-13-8-15-20(4)25(23,24)7-3/h9-12H,5-8,13-15H2,1-4H3,(H,19,22). The molecule has 0 aliphatic rings. The number of nitrogens with one attached hydrogen (secondary N) is 1. The minimum absolute atomic E-state index is 0.0923. The Kier molecular flexibility index (Phi) is 8.92. The minimum atomic E-state index is -3.16. The predicted molar refractivity (Wildman–Crippen MR) is 104 cm³/mol. The summed E-state index contributed by atoms with van der Waals surface area (Å²) >= 11 is 0. The lowest BCUT2D eigenvalue weighted by atomic mass is 10.1. The molecule has 1 N–H and O–H groups in total. The Bertz CT molecular complexity index is 629. The van der Waals surface area contributed by atoms with Crippen LogP contribution in [0.2, 0.25) is 0 Å². The number of carbonyl (C=O) groups excluding carboxylic acids is 1. The van der Waals surface area contributed by atoms with Gasteiger partial charge in [0, 0.05) is 44.5 Å². The molecule has 6 nitrogen and oxygen atoms in total. The van der Waals surface area contributed by atoms with Gasteiger partial charge < -0.3 is 10.2 Å². The van der Waals surface area contributed by atoms with Crippen molar-refractivity contribution in [1.29, 1.82) is 0 Å². The second kappa shape index (κ2) is 10.4. The van der Waals surface area contributed by atoms with Crippen LogP contribution in [-0.4, -0.2) is 57.6 Å². The molecule has 0 aliphatic heterocycles. The molecule has 0 spiro atoms. The van der Waals surface area contributed by atoms with Crippen molar-refractivity contribution in [2.45, 2.75) is 33.6 Å². The van der Waals surface area contributed by atoms with Crippen LogP contribution >= 0.6 is 0 Å². The highest BCUT2D eigenvalue weighted by Crippen LogP contribution is 2.15. The first-order valence-corrected chi connectivity index (χ1v) is 10.5. The van der Waals surface area contributed by atoms with Crippen LogP contribution in [-0.2, 0) is 10.0 Å². The number of benzene rings is 1. The van der Waals surface area contributed by atoms with Crippen molar-refractivity contribution in [3.63, 3.8) is 0 Å². The summed E-state index contributed by atoms with van der Waals surface area (Å²) < 4.78 is 24.6. The third kappa shape index (κ3) is 6.66. The second-order valence-corrected chi connectivity index (χ2v) is 8.32. The highest BCUT2D eigenvalue weighted by Gasteiger charge is 2.14. The van der Waals surface area contributed by atoms with Crippen molar-refractivity contribution >= 4 is 21.6 Å². The predicted octanol–water partition coefficient (Wildman–Crippen LogP) is 2.32. The van der Waals surface area contributed by atoms with Crippen LogP contribution in [0.15, 0.2) is 24.3 Å². The molecule has 0 unspecified atom stereocenters. The summed E-state index contributed by atoms with van der Waals surface area (Å²) in [6.07, 6.45) is 1.66. The summed E-state index contributed by atoms with van der Waals surface area (Å²) in [5.74, 6) is -0.0410. The first-order chi connectivity index (χ1) is 11.9. The lowest BCUT2D eigenvalue weighted by molar-refractivity contribution is 0.0953. The van der Waals surface area contributed by atoms with Gasteiger partial charge in [-0.1, -0.05) is 6.92 Å². The highest BCUT2D eigenvalue weighted by atomic mass is 32.2. The Morgan fingerprint density at radius 2 is 1.72 bits per heavy atom. The van der Waals surface area contributed by atoms with E-state index in [0.717, 1.165) is 25.2 Å². The van der Waals surface area contributed by atoms with Crippen LogP contribution in [0.25, 0.3) is 0 Å². The third-order valence-corrected chi connectivity index (χ3v) is 6.01. The van der Waals surface area contributed by atoms with Crippen LogP contribution in [0.1, 0.15) is 44.0 Å². The number of hydrogen-bond donors (Lipinski definition) is 1. The van der Waals surface area contributed by atoms with Crippen molar-refractivity contribution in [2.24, 2.45) is 0 Å². The normalized spacial score (nSPS) is 11.6. The lowest BCUT2D eigenvalue weighted by Gasteiger charge is -2.22. The highest BCUT2D eigenvalue weighted by molar-refractivity contribution is 7.89. The molecule has 7 heteroatoms. The number of hydrogen-bond acceptors (Lipinski definition) is 4. The number of amides is 1. The van der Waals surface area contributed by atoms with E-state index in [9.17, 15) is 13.2 Å². The van der Waals surface area contributed by atoms with Gasteiger partial charge in [0.05, 0.1) is 5.75 Å². The molecule has 0 saturated carbocycles. The number of nitrogens with zero attached hydrogens (tertiary/aromatic N) is 2. The molecule has 1 aromatic rings.